The van der Waals surface area contributed by atoms with Gasteiger partial charge in [0.15, 0.2) is 0 Å². The van der Waals surface area contributed by atoms with Crippen LogP contribution in [0.25, 0.3) is 0 Å². The number of benzene rings is 1. The molecule has 112 valence electrons. The third kappa shape index (κ3) is 4.21. The molecule has 0 radical (unpaired) electrons. The molecule has 0 spiro atoms. The van der Waals surface area contributed by atoms with Gasteiger partial charge in [0.25, 0.3) is 5.91 Å². The highest BCUT2D eigenvalue weighted by atomic mass is 32.2. The molecule has 0 bridgehead atoms. The third-order valence-electron chi connectivity index (χ3n) is 2.82. The molecular weight excluding hydrogens is 278 g/mol. The summed E-state index contributed by atoms with van der Waals surface area (Å²) in [5.41, 5.74) is 5.94. The minimum absolute atomic E-state index is 0.0134. The lowest BCUT2D eigenvalue weighted by Crippen LogP contribution is -2.33. The predicted molar refractivity (Wildman–Crippen MR) is 80.1 cm³/mol. The number of nitrogens with two attached hydrogens (primary N) is 1. The van der Waals surface area contributed by atoms with Crippen LogP contribution >= 0.6 is 0 Å². The Morgan fingerprint density at radius 3 is 2.60 bits per heavy atom. The topological polar surface area (TPSA) is 101 Å². The second kappa shape index (κ2) is 7.25. The van der Waals surface area contributed by atoms with Gasteiger partial charge in [-0.3, -0.25) is 9.52 Å². The van der Waals surface area contributed by atoms with E-state index in [4.69, 9.17) is 5.73 Å². The summed E-state index contributed by atoms with van der Waals surface area (Å²) in [5, 5.41) is 1.99. The van der Waals surface area contributed by atoms with Crippen LogP contribution in [-0.2, 0) is 10.0 Å². The molecule has 1 atom stereocenters. The Hall–Kier alpha value is -1.60. The summed E-state index contributed by atoms with van der Waals surface area (Å²) in [6, 6.07) is 6.49. The van der Waals surface area contributed by atoms with Crippen molar-refractivity contribution in [3.63, 3.8) is 0 Å². The fourth-order valence-corrected chi connectivity index (χ4v) is 2.42. The SMILES string of the molecule is CCCNC(=O)c1ccccc1NS(=O)(=O)C(C)CN. The normalized spacial score (nSPS) is 12.8. The summed E-state index contributed by atoms with van der Waals surface area (Å²) in [6.45, 7) is 4.01. The van der Waals surface area contributed by atoms with E-state index in [0.29, 0.717) is 12.1 Å². The molecule has 1 aromatic rings. The van der Waals surface area contributed by atoms with E-state index in [1.807, 2.05) is 6.92 Å². The molecule has 6 nitrogen and oxygen atoms in total. The maximum Gasteiger partial charge on any atom is 0.253 e. The highest BCUT2D eigenvalue weighted by Crippen LogP contribution is 2.17. The number of para-hydroxylation sites is 1. The summed E-state index contributed by atoms with van der Waals surface area (Å²) < 4.78 is 26.4. The van der Waals surface area contributed by atoms with Gasteiger partial charge in [0.2, 0.25) is 10.0 Å². The van der Waals surface area contributed by atoms with Crippen LogP contribution < -0.4 is 15.8 Å². The highest BCUT2D eigenvalue weighted by Gasteiger charge is 2.21. The molecule has 0 aliphatic carbocycles. The molecule has 0 aromatic heterocycles. The van der Waals surface area contributed by atoms with Crippen LogP contribution in [0.3, 0.4) is 0 Å². The third-order valence-corrected chi connectivity index (χ3v) is 4.58. The van der Waals surface area contributed by atoms with E-state index < -0.39 is 15.3 Å². The fraction of sp³-hybridized carbons (Fsp3) is 0.462. The lowest BCUT2D eigenvalue weighted by atomic mass is 10.1. The molecule has 4 N–H and O–H groups in total. The zero-order valence-corrected chi connectivity index (χ0v) is 12.5. The molecule has 0 heterocycles. The number of rotatable bonds is 7. The number of nitrogens with one attached hydrogen (secondary N) is 2. The Balaban J connectivity index is 2.99. The Morgan fingerprint density at radius 1 is 1.35 bits per heavy atom. The zero-order valence-electron chi connectivity index (χ0n) is 11.7. The van der Waals surface area contributed by atoms with Crippen molar-refractivity contribution in [3.05, 3.63) is 29.8 Å². The van der Waals surface area contributed by atoms with Crippen molar-refractivity contribution in [2.24, 2.45) is 5.73 Å². The van der Waals surface area contributed by atoms with Crippen molar-refractivity contribution in [3.8, 4) is 0 Å². The van der Waals surface area contributed by atoms with E-state index in [9.17, 15) is 13.2 Å². The average molecular weight is 299 g/mol. The Bertz CT molecular complexity index is 558. The van der Waals surface area contributed by atoms with Gasteiger partial charge >= 0.3 is 0 Å². The summed E-state index contributed by atoms with van der Waals surface area (Å²) in [5.74, 6) is -0.300. The van der Waals surface area contributed by atoms with Crippen molar-refractivity contribution in [1.82, 2.24) is 5.32 Å². The summed E-state index contributed by atoms with van der Waals surface area (Å²) in [6.07, 6.45) is 0.809. The standard InChI is InChI=1S/C13H21N3O3S/c1-3-8-15-13(17)11-6-4-5-7-12(11)16-20(18,19)10(2)9-14/h4-7,10,16H,3,8-9,14H2,1-2H3,(H,15,17). The molecule has 1 unspecified atom stereocenters. The van der Waals surface area contributed by atoms with Crippen LogP contribution in [-0.4, -0.2) is 32.7 Å². The molecule has 0 aliphatic rings. The van der Waals surface area contributed by atoms with E-state index >= 15 is 0 Å². The molecule has 1 rings (SSSR count). The van der Waals surface area contributed by atoms with E-state index in [1.54, 1.807) is 24.3 Å². The molecule has 20 heavy (non-hydrogen) atoms. The van der Waals surface area contributed by atoms with Crippen LogP contribution in [0.4, 0.5) is 5.69 Å². The largest absolute Gasteiger partial charge is 0.352 e. The maximum absolute atomic E-state index is 12.0. The Labute approximate surface area is 119 Å². The second-order valence-corrected chi connectivity index (χ2v) is 6.59. The first-order valence-electron chi connectivity index (χ1n) is 6.51. The van der Waals surface area contributed by atoms with Crippen LogP contribution in [0.1, 0.15) is 30.6 Å². The molecule has 7 heteroatoms. The Kier molecular flexibility index (Phi) is 5.97. The van der Waals surface area contributed by atoms with Gasteiger partial charge in [-0.05, 0) is 25.5 Å². The van der Waals surface area contributed by atoms with Crippen molar-refractivity contribution >= 4 is 21.6 Å². The van der Waals surface area contributed by atoms with E-state index in [2.05, 4.69) is 10.0 Å². The zero-order chi connectivity index (χ0) is 15.2. The molecule has 1 aromatic carbocycles. The quantitative estimate of drug-likeness (QED) is 0.696. The summed E-state index contributed by atoms with van der Waals surface area (Å²) in [4.78, 5) is 12.0. The number of hydrogen-bond donors (Lipinski definition) is 3. The molecule has 0 saturated carbocycles. The van der Waals surface area contributed by atoms with Crippen molar-refractivity contribution < 1.29 is 13.2 Å². The number of carbonyl (C=O) groups is 1. The van der Waals surface area contributed by atoms with Gasteiger partial charge < -0.3 is 11.1 Å². The van der Waals surface area contributed by atoms with Gasteiger partial charge in [0, 0.05) is 13.1 Å². The van der Waals surface area contributed by atoms with Gasteiger partial charge in [0.1, 0.15) is 0 Å². The van der Waals surface area contributed by atoms with E-state index in [-0.39, 0.29) is 18.1 Å². The molecule has 1 amide bonds. The number of sulfonamides is 1. The van der Waals surface area contributed by atoms with Gasteiger partial charge in [-0.25, -0.2) is 8.42 Å². The first-order valence-corrected chi connectivity index (χ1v) is 8.06. The minimum atomic E-state index is -3.59. The molecular formula is C13H21N3O3S. The van der Waals surface area contributed by atoms with Gasteiger partial charge in [0.05, 0.1) is 16.5 Å². The van der Waals surface area contributed by atoms with Crippen molar-refractivity contribution in [2.45, 2.75) is 25.5 Å². The predicted octanol–water partition coefficient (Wildman–Crippen LogP) is 0.915. The van der Waals surface area contributed by atoms with E-state index in [0.717, 1.165) is 6.42 Å². The number of amides is 1. The number of anilines is 1. The smallest absolute Gasteiger partial charge is 0.253 e. The number of carbonyl (C=O) groups excluding carboxylic acids is 1. The minimum Gasteiger partial charge on any atom is -0.352 e. The lowest BCUT2D eigenvalue weighted by molar-refractivity contribution is 0.0954. The van der Waals surface area contributed by atoms with Gasteiger partial charge in [-0.1, -0.05) is 19.1 Å². The molecule has 0 saturated heterocycles. The van der Waals surface area contributed by atoms with Crippen molar-refractivity contribution in [1.29, 1.82) is 0 Å². The first-order chi connectivity index (χ1) is 9.42. The highest BCUT2D eigenvalue weighted by molar-refractivity contribution is 7.93. The van der Waals surface area contributed by atoms with Crippen LogP contribution in [0.2, 0.25) is 0 Å². The van der Waals surface area contributed by atoms with E-state index in [1.165, 1.54) is 6.92 Å². The van der Waals surface area contributed by atoms with Crippen LogP contribution in [0.5, 0.6) is 0 Å². The maximum atomic E-state index is 12.0. The lowest BCUT2D eigenvalue weighted by Gasteiger charge is -2.15. The summed E-state index contributed by atoms with van der Waals surface area (Å²) >= 11 is 0. The van der Waals surface area contributed by atoms with Gasteiger partial charge in [-0.2, -0.15) is 0 Å². The molecule has 0 aliphatic heterocycles. The van der Waals surface area contributed by atoms with Crippen LogP contribution in [0, 0.1) is 0 Å². The molecule has 0 fully saturated rings. The monoisotopic (exact) mass is 299 g/mol. The average Bonchev–Trinajstić information content (AvgIpc) is 2.43. The summed E-state index contributed by atoms with van der Waals surface area (Å²) in [7, 11) is -3.59. The fourth-order valence-electron chi connectivity index (χ4n) is 1.48. The van der Waals surface area contributed by atoms with Crippen LogP contribution in [0.15, 0.2) is 24.3 Å². The Morgan fingerprint density at radius 2 is 2.00 bits per heavy atom. The van der Waals surface area contributed by atoms with Gasteiger partial charge in [-0.15, -0.1) is 0 Å². The second-order valence-electron chi connectivity index (χ2n) is 4.49. The first kappa shape index (κ1) is 16.5. The van der Waals surface area contributed by atoms with Crippen molar-refractivity contribution in [2.75, 3.05) is 17.8 Å². The number of hydrogen-bond acceptors (Lipinski definition) is 4.